The van der Waals surface area contributed by atoms with Crippen molar-refractivity contribution in [2.75, 3.05) is 5.32 Å². The van der Waals surface area contributed by atoms with Gasteiger partial charge in [-0.15, -0.1) is 0 Å². The van der Waals surface area contributed by atoms with Gasteiger partial charge in [0.1, 0.15) is 29.3 Å². The number of carbonyl (C=O) groups excluding carboxylic acids is 1. The first-order valence-electron chi connectivity index (χ1n) is 14.1. The molecule has 1 aromatic heterocycles. The van der Waals surface area contributed by atoms with E-state index < -0.39 is 88.7 Å². The molecule has 7 nitrogen and oxygen atoms in total. The Bertz CT molecular complexity index is 1720. The number of nitrogens with one attached hydrogen (secondary N) is 2. The number of carboxylic acid groups (broad SMARTS) is 1. The Labute approximate surface area is 257 Å². The Morgan fingerprint density at radius 3 is 2.15 bits per heavy atom. The second-order valence-corrected chi connectivity index (χ2v) is 11.0. The van der Waals surface area contributed by atoms with Gasteiger partial charge in [-0.3, -0.25) is 9.59 Å². The molecule has 15 heteroatoms. The summed E-state index contributed by atoms with van der Waals surface area (Å²) in [5.74, 6) is -6.15. The first-order valence-corrected chi connectivity index (χ1v) is 14.1. The number of fused-ring (bicyclic) bond motifs is 1. The second-order valence-electron chi connectivity index (χ2n) is 11.0. The maximum Gasteiger partial charge on any atom is 0.417 e. The van der Waals surface area contributed by atoms with Crippen molar-refractivity contribution >= 4 is 17.6 Å². The number of carbonyl (C=O) groups is 2. The molecule has 1 heterocycles. The normalized spacial score (nSPS) is 14.5. The lowest BCUT2D eigenvalue weighted by Crippen LogP contribution is -2.43. The van der Waals surface area contributed by atoms with E-state index in [0.717, 1.165) is 10.6 Å². The molecule has 0 saturated carbocycles. The standard InChI is InChI=1S/C31H29F8N3O4/c1-4-24(31(37,38)39)40-16-12-21(32)26(22(33)13-16)27(43)41-23(29(45)46)11-15-8-9-19(18-7-5-6-17(15)18)25-20(30(34,35)36)10-14(2)42(3)28(25)44/h8-10,12-13,23-24,40H,4-7,11H2,1-3H3,(H,41,43)(H,45,46)/t23-,24+/m0/s1. The van der Waals surface area contributed by atoms with Crippen LogP contribution in [0.1, 0.15) is 58.1 Å². The van der Waals surface area contributed by atoms with Crippen LogP contribution in [0, 0.1) is 18.6 Å². The summed E-state index contributed by atoms with van der Waals surface area (Å²) in [5, 5.41) is 13.8. The molecule has 0 unspecified atom stereocenters. The maximum absolute atomic E-state index is 14.8. The van der Waals surface area contributed by atoms with E-state index in [1.807, 2.05) is 10.6 Å². The van der Waals surface area contributed by atoms with Gasteiger partial charge >= 0.3 is 18.3 Å². The number of aryl methyl sites for hydroxylation is 1. The van der Waals surface area contributed by atoms with Crippen LogP contribution in [-0.4, -0.2) is 39.8 Å². The van der Waals surface area contributed by atoms with Crippen molar-refractivity contribution in [1.82, 2.24) is 9.88 Å². The van der Waals surface area contributed by atoms with Gasteiger partial charge in [-0.05, 0) is 73.1 Å². The number of amides is 1. The van der Waals surface area contributed by atoms with Crippen molar-refractivity contribution in [3.8, 4) is 11.1 Å². The van der Waals surface area contributed by atoms with E-state index in [-0.39, 0.29) is 11.3 Å². The fourth-order valence-corrected chi connectivity index (χ4v) is 5.65. The van der Waals surface area contributed by atoms with Gasteiger partial charge in [-0.1, -0.05) is 19.1 Å². The molecule has 46 heavy (non-hydrogen) atoms. The van der Waals surface area contributed by atoms with E-state index in [1.54, 1.807) is 0 Å². The summed E-state index contributed by atoms with van der Waals surface area (Å²) in [4.78, 5) is 38.0. The minimum atomic E-state index is -4.84. The third kappa shape index (κ3) is 6.87. The molecule has 0 aliphatic heterocycles. The number of halogens is 8. The van der Waals surface area contributed by atoms with E-state index >= 15 is 0 Å². The zero-order chi connectivity index (χ0) is 34.3. The highest BCUT2D eigenvalue weighted by Crippen LogP contribution is 2.40. The second kappa shape index (κ2) is 12.8. The van der Waals surface area contributed by atoms with Crippen molar-refractivity contribution in [2.24, 2.45) is 7.05 Å². The highest BCUT2D eigenvalue weighted by atomic mass is 19.4. The summed E-state index contributed by atoms with van der Waals surface area (Å²) >= 11 is 0. The average Bonchev–Trinajstić information content (AvgIpc) is 3.43. The van der Waals surface area contributed by atoms with Gasteiger partial charge in [0.25, 0.3) is 11.5 Å². The summed E-state index contributed by atoms with van der Waals surface area (Å²) in [6, 6.07) is 0.611. The zero-order valence-electron chi connectivity index (χ0n) is 24.7. The summed E-state index contributed by atoms with van der Waals surface area (Å²) in [7, 11) is 1.34. The molecule has 248 valence electrons. The Kier molecular flexibility index (Phi) is 9.55. The maximum atomic E-state index is 14.8. The van der Waals surface area contributed by atoms with Crippen molar-refractivity contribution in [1.29, 1.82) is 0 Å². The monoisotopic (exact) mass is 659 g/mol. The number of aromatic nitrogens is 1. The molecular weight excluding hydrogens is 630 g/mol. The van der Waals surface area contributed by atoms with Crippen molar-refractivity contribution < 1.29 is 49.8 Å². The van der Waals surface area contributed by atoms with Crippen LogP contribution in [0.2, 0.25) is 0 Å². The molecule has 1 aliphatic rings. The fraction of sp³-hybridized carbons (Fsp3) is 0.387. The third-order valence-electron chi connectivity index (χ3n) is 8.07. The van der Waals surface area contributed by atoms with Crippen LogP contribution in [0.25, 0.3) is 11.1 Å². The number of pyridine rings is 1. The molecule has 1 amide bonds. The number of alkyl halides is 6. The van der Waals surface area contributed by atoms with E-state index in [0.29, 0.717) is 48.1 Å². The summed E-state index contributed by atoms with van der Waals surface area (Å²) in [6.07, 6.45) is -9.33. The quantitative estimate of drug-likeness (QED) is 0.234. The van der Waals surface area contributed by atoms with Crippen LogP contribution in [0.5, 0.6) is 0 Å². The average molecular weight is 660 g/mol. The lowest BCUT2D eigenvalue weighted by molar-refractivity contribution is -0.143. The van der Waals surface area contributed by atoms with Crippen molar-refractivity contribution in [3.63, 3.8) is 0 Å². The number of carboxylic acids is 1. The minimum absolute atomic E-state index is 0.0498. The first kappa shape index (κ1) is 34.4. The Balaban J connectivity index is 1.66. The summed E-state index contributed by atoms with van der Waals surface area (Å²) in [5.41, 5.74) is -2.92. The van der Waals surface area contributed by atoms with Crippen LogP contribution in [-0.2, 0) is 37.3 Å². The molecule has 3 N–H and O–H groups in total. The lowest BCUT2D eigenvalue weighted by atomic mass is 9.89. The Morgan fingerprint density at radius 1 is 1.00 bits per heavy atom. The number of aliphatic carboxylic acids is 1. The van der Waals surface area contributed by atoms with Gasteiger partial charge in [0.2, 0.25) is 0 Å². The fourth-order valence-electron chi connectivity index (χ4n) is 5.65. The Hall–Kier alpha value is -4.43. The molecule has 1 aliphatic carbocycles. The minimum Gasteiger partial charge on any atom is -0.480 e. The van der Waals surface area contributed by atoms with Crippen molar-refractivity contribution in [3.05, 3.63) is 85.8 Å². The van der Waals surface area contributed by atoms with Crippen LogP contribution in [0.4, 0.5) is 40.8 Å². The van der Waals surface area contributed by atoms with Gasteiger partial charge in [-0.2, -0.15) is 26.3 Å². The van der Waals surface area contributed by atoms with Crippen LogP contribution < -0.4 is 16.2 Å². The molecule has 0 spiro atoms. The predicted molar refractivity (Wildman–Crippen MR) is 152 cm³/mol. The van der Waals surface area contributed by atoms with Crippen molar-refractivity contribution in [2.45, 2.75) is 70.4 Å². The predicted octanol–water partition coefficient (Wildman–Crippen LogP) is 6.32. The summed E-state index contributed by atoms with van der Waals surface area (Å²) in [6.45, 7) is 2.57. The number of nitrogens with zero attached hydrogens (tertiary/aromatic N) is 1. The zero-order valence-corrected chi connectivity index (χ0v) is 24.7. The van der Waals surface area contributed by atoms with E-state index in [2.05, 4.69) is 0 Å². The van der Waals surface area contributed by atoms with Gasteiger partial charge < -0.3 is 20.3 Å². The molecule has 0 radical (unpaired) electrons. The molecule has 3 aromatic rings. The molecule has 2 aromatic carbocycles. The smallest absolute Gasteiger partial charge is 0.417 e. The highest BCUT2D eigenvalue weighted by molar-refractivity contribution is 5.97. The number of anilines is 1. The molecular formula is C31H29F8N3O4. The SMILES string of the molecule is CC[C@@H](Nc1cc(F)c(C(=O)N[C@@H](Cc2ccc(-c3c(C(F)(F)F)cc(C)n(C)c3=O)c3c2CCC3)C(=O)O)c(F)c1)C(F)(F)F. The Morgan fingerprint density at radius 2 is 1.61 bits per heavy atom. The molecule has 2 atom stereocenters. The van der Waals surface area contributed by atoms with E-state index in [9.17, 15) is 54.6 Å². The van der Waals surface area contributed by atoms with E-state index in [1.165, 1.54) is 33.0 Å². The van der Waals surface area contributed by atoms with Gasteiger partial charge in [0, 0.05) is 24.8 Å². The van der Waals surface area contributed by atoms with Gasteiger partial charge in [0.15, 0.2) is 0 Å². The highest BCUT2D eigenvalue weighted by Gasteiger charge is 2.39. The number of benzene rings is 2. The van der Waals surface area contributed by atoms with Crippen LogP contribution in [0.15, 0.2) is 35.1 Å². The molecule has 0 fully saturated rings. The number of hydrogen-bond donors (Lipinski definition) is 3. The van der Waals surface area contributed by atoms with Crippen LogP contribution >= 0.6 is 0 Å². The van der Waals surface area contributed by atoms with Gasteiger partial charge in [0.05, 0.1) is 11.1 Å². The largest absolute Gasteiger partial charge is 0.480 e. The third-order valence-corrected chi connectivity index (χ3v) is 8.07. The lowest BCUT2D eigenvalue weighted by Gasteiger charge is -2.22. The molecule has 0 bridgehead atoms. The number of rotatable bonds is 9. The number of hydrogen-bond acceptors (Lipinski definition) is 4. The summed E-state index contributed by atoms with van der Waals surface area (Å²) < 4.78 is 112. The first-order chi connectivity index (χ1) is 21.3. The van der Waals surface area contributed by atoms with Crippen LogP contribution in [0.3, 0.4) is 0 Å². The van der Waals surface area contributed by atoms with Gasteiger partial charge in [-0.25, -0.2) is 13.6 Å². The van der Waals surface area contributed by atoms with E-state index in [4.69, 9.17) is 0 Å². The molecule has 0 saturated heterocycles. The topological polar surface area (TPSA) is 100 Å². The molecule has 4 rings (SSSR count).